The van der Waals surface area contributed by atoms with Gasteiger partial charge in [0, 0.05) is 24.6 Å². The minimum Gasteiger partial charge on any atom is -0.493 e. The third kappa shape index (κ3) is 8.18. The van der Waals surface area contributed by atoms with Gasteiger partial charge in [-0.15, -0.1) is 0 Å². The topological polar surface area (TPSA) is 129 Å². The molecule has 9 nitrogen and oxygen atoms in total. The first-order valence-electron chi connectivity index (χ1n) is 13.7. The average molecular weight is 657 g/mol. The number of halogens is 1. The third-order valence-corrected chi connectivity index (χ3v) is 8.07. The van der Waals surface area contributed by atoms with Gasteiger partial charge in [0.05, 0.1) is 29.9 Å². The van der Waals surface area contributed by atoms with E-state index in [0.717, 1.165) is 38.5 Å². The van der Waals surface area contributed by atoms with Crippen molar-refractivity contribution < 1.29 is 34.4 Å². The Morgan fingerprint density at radius 2 is 1.90 bits per heavy atom. The number of benzene rings is 1. The first-order valence-corrected chi connectivity index (χ1v) is 14.8. The molecule has 0 heterocycles. The van der Waals surface area contributed by atoms with Gasteiger partial charge in [-0.05, 0) is 71.7 Å². The van der Waals surface area contributed by atoms with Gasteiger partial charge in [-0.1, -0.05) is 38.7 Å². The number of aliphatic hydroxyl groups excluding tert-OH is 3. The van der Waals surface area contributed by atoms with Crippen LogP contribution < -0.4 is 14.8 Å². The van der Waals surface area contributed by atoms with Crippen LogP contribution in [0.2, 0.25) is 0 Å². The molecule has 0 bridgehead atoms. The van der Waals surface area contributed by atoms with E-state index >= 15 is 0 Å². The summed E-state index contributed by atoms with van der Waals surface area (Å²) >= 11 is 2.08. The molecule has 3 rings (SSSR count). The van der Waals surface area contributed by atoms with Crippen molar-refractivity contribution >= 4 is 34.4 Å². The fraction of sp³-hybridized carbons (Fsp3) is 0.586. The minimum atomic E-state index is -1.11. The lowest BCUT2D eigenvalue weighted by Crippen LogP contribution is -2.57. The van der Waals surface area contributed by atoms with Crippen molar-refractivity contribution in [3.8, 4) is 11.5 Å². The van der Waals surface area contributed by atoms with E-state index in [1.807, 2.05) is 13.0 Å². The monoisotopic (exact) mass is 656 g/mol. The van der Waals surface area contributed by atoms with Gasteiger partial charge < -0.3 is 35.0 Å². The van der Waals surface area contributed by atoms with Crippen molar-refractivity contribution in [2.45, 2.75) is 89.2 Å². The smallest absolute Gasteiger partial charge is 0.247 e. The molecular weight excluding hydrogens is 615 g/mol. The molecule has 4 N–H and O–H groups in total. The van der Waals surface area contributed by atoms with Gasteiger partial charge in [0.15, 0.2) is 11.5 Å². The predicted octanol–water partition coefficient (Wildman–Crippen LogP) is 3.23. The summed E-state index contributed by atoms with van der Waals surface area (Å²) in [5, 5.41) is 33.3. The van der Waals surface area contributed by atoms with Crippen LogP contribution in [0, 0.1) is 3.57 Å². The number of rotatable bonds is 11. The molecule has 2 aliphatic carbocycles. The summed E-state index contributed by atoms with van der Waals surface area (Å²) in [4.78, 5) is 28.4. The number of allylic oxidation sites excluding steroid dienone is 1. The average Bonchev–Trinajstić information content (AvgIpc) is 3.22. The van der Waals surface area contributed by atoms with E-state index in [9.17, 15) is 24.9 Å². The maximum atomic E-state index is 13.6. The van der Waals surface area contributed by atoms with Crippen molar-refractivity contribution in [3.63, 3.8) is 0 Å². The van der Waals surface area contributed by atoms with E-state index in [2.05, 4.69) is 27.9 Å². The number of carbonyl (C=O) groups is 2. The van der Waals surface area contributed by atoms with Gasteiger partial charge in [-0.25, -0.2) is 0 Å². The van der Waals surface area contributed by atoms with Crippen molar-refractivity contribution in [1.82, 2.24) is 10.2 Å². The zero-order valence-corrected chi connectivity index (χ0v) is 24.9. The zero-order valence-electron chi connectivity index (χ0n) is 22.8. The van der Waals surface area contributed by atoms with Crippen LogP contribution >= 0.6 is 22.6 Å². The number of nitrogens with zero attached hydrogens (tertiary/aromatic N) is 1. The van der Waals surface area contributed by atoms with Crippen LogP contribution in [0.3, 0.4) is 0 Å². The lowest BCUT2D eigenvalue weighted by Gasteiger charge is -2.43. The van der Waals surface area contributed by atoms with Crippen LogP contribution in [0.1, 0.15) is 63.9 Å². The predicted molar refractivity (Wildman–Crippen MR) is 156 cm³/mol. The standard InChI is InChI=1S/C29H41IN2O7/c1-3-4-11-26(35)32(21-9-7-5-6-8-10-21)23-16-20(29(37)31-12-13-33)17-24(27(23)36)39-28-22(30)14-19(18-34)15-25(28)38-2/h4,11,14-15,17,21,23-24,27,33-34,36H,3,5-10,12-13,16,18H2,1-2H3,(H,31,37)/t23-,24+,27+/m1/s1. The van der Waals surface area contributed by atoms with Crippen molar-refractivity contribution in [3.05, 3.63) is 45.1 Å². The van der Waals surface area contributed by atoms with Gasteiger partial charge >= 0.3 is 0 Å². The molecule has 2 amide bonds. The second kappa shape index (κ2) is 15.6. The normalized spacial score (nSPS) is 22.2. The molecule has 0 aliphatic heterocycles. The highest BCUT2D eigenvalue weighted by molar-refractivity contribution is 14.1. The molecule has 10 heteroatoms. The Kier molecular flexibility index (Phi) is 12.5. The number of aliphatic hydroxyl groups is 3. The van der Waals surface area contributed by atoms with Crippen molar-refractivity contribution in [1.29, 1.82) is 0 Å². The summed E-state index contributed by atoms with van der Waals surface area (Å²) in [6, 6.07) is 2.69. The fourth-order valence-corrected chi connectivity index (χ4v) is 6.11. The fourth-order valence-electron chi connectivity index (χ4n) is 5.32. The van der Waals surface area contributed by atoms with Crippen LogP contribution in [0.4, 0.5) is 0 Å². The van der Waals surface area contributed by atoms with Gasteiger partial charge in [-0.2, -0.15) is 0 Å². The van der Waals surface area contributed by atoms with Gasteiger partial charge in [0.1, 0.15) is 12.2 Å². The maximum Gasteiger partial charge on any atom is 0.247 e. The molecule has 2 aliphatic rings. The Labute approximate surface area is 244 Å². The largest absolute Gasteiger partial charge is 0.493 e. The summed E-state index contributed by atoms with van der Waals surface area (Å²) in [6.45, 7) is 1.68. The summed E-state index contributed by atoms with van der Waals surface area (Å²) in [6.07, 6.45) is 9.69. The Hall–Kier alpha value is -2.15. The van der Waals surface area contributed by atoms with E-state index in [1.165, 1.54) is 7.11 Å². The third-order valence-electron chi connectivity index (χ3n) is 7.27. The lowest BCUT2D eigenvalue weighted by atomic mass is 9.86. The molecule has 0 saturated heterocycles. The van der Waals surface area contributed by atoms with Crippen LogP contribution in [-0.2, 0) is 16.2 Å². The lowest BCUT2D eigenvalue weighted by molar-refractivity contribution is -0.137. The molecule has 0 spiro atoms. The number of nitrogens with one attached hydrogen (secondary N) is 1. The molecule has 1 aromatic carbocycles. The molecule has 0 radical (unpaired) electrons. The number of methoxy groups -OCH3 is 1. The highest BCUT2D eigenvalue weighted by Crippen LogP contribution is 2.38. The number of carbonyl (C=O) groups excluding carboxylic acids is 2. The number of hydrogen-bond donors (Lipinski definition) is 4. The van der Waals surface area contributed by atoms with Crippen LogP contribution in [-0.4, -0.2) is 76.6 Å². The number of amides is 2. The van der Waals surface area contributed by atoms with E-state index in [4.69, 9.17) is 9.47 Å². The van der Waals surface area contributed by atoms with E-state index < -0.39 is 18.2 Å². The zero-order chi connectivity index (χ0) is 28.4. The first kappa shape index (κ1) is 31.4. The second-order valence-electron chi connectivity index (χ2n) is 9.98. The second-order valence-corrected chi connectivity index (χ2v) is 11.1. The Morgan fingerprint density at radius 3 is 2.51 bits per heavy atom. The van der Waals surface area contributed by atoms with Crippen molar-refractivity contribution in [2.24, 2.45) is 0 Å². The molecule has 39 heavy (non-hydrogen) atoms. The number of ether oxygens (including phenoxy) is 2. The molecule has 0 unspecified atom stereocenters. The molecule has 1 saturated carbocycles. The molecular formula is C29H41IN2O7. The summed E-state index contributed by atoms with van der Waals surface area (Å²) in [5.74, 6) is 0.222. The van der Waals surface area contributed by atoms with Gasteiger partial charge in [0.25, 0.3) is 0 Å². The van der Waals surface area contributed by atoms with Crippen molar-refractivity contribution in [2.75, 3.05) is 20.3 Å². The van der Waals surface area contributed by atoms with E-state index in [-0.39, 0.29) is 44.0 Å². The minimum absolute atomic E-state index is 0.0554. The quantitative estimate of drug-likeness (QED) is 0.164. The SMILES string of the molecule is CCC=CC(=O)N(C1CCCCCC1)[C@@H]1CC(C(=O)NCCO)=C[C@H](Oc2c(I)cc(CO)cc2OC)[C@H]1O. The van der Waals surface area contributed by atoms with Gasteiger partial charge in [-0.3, -0.25) is 9.59 Å². The van der Waals surface area contributed by atoms with Crippen LogP contribution in [0.25, 0.3) is 0 Å². The first-order chi connectivity index (χ1) is 18.8. The van der Waals surface area contributed by atoms with Crippen LogP contribution in [0.15, 0.2) is 35.9 Å². The molecule has 3 atom stereocenters. The Balaban J connectivity index is 2.04. The molecule has 1 aromatic rings. The maximum absolute atomic E-state index is 13.6. The Bertz CT molecular complexity index is 1040. The van der Waals surface area contributed by atoms with Crippen LogP contribution in [0.5, 0.6) is 11.5 Å². The van der Waals surface area contributed by atoms with E-state index in [0.29, 0.717) is 32.6 Å². The molecule has 216 valence electrons. The van der Waals surface area contributed by atoms with Gasteiger partial charge in [0.2, 0.25) is 11.8 Å². The Morgan fingerprint density at radius 1 is 1.18 bits per heavy atom. The highest BCUT2D eigenvalue weighted by atomic mass is 127. The molecule has 0 aromatic heterocycles. The van der Waals surface area contributed by atoms with E-state index in [1.54, 1.807) is 29.2 Å². The summed E-state index contributed by atoms with van der Waals surface area (Å²) in [7, 11) is 1.50. The highest BCUT2D eigenvalue weighted by Gasteiger charge is 2.42. The summed E-state index contributed by atoms with van der Waals surface area (Å²) in [5.41, 5.74) is 1.04. The summed E-state index contributed by atoms with van der Waals surface area (Å²) < 4.78 is 12.5. The number of hydrogen-bond acceptors (Lipinski definition) is 7. The molecule has 1 fully saturated rings.